The summed E-state index contributed by atoms with van der Waals surface area (Å²) in [4.78, 5) is 11.2. The van der Waals surface area contributed by atoms with Crippen molar-refractivity contribution in [1.29, 1.82) is 0 Å². The summed E-state index contributed by atoms with van der Waals surface area (Å²) in [6, 6.07) is 14.0. The van der Waals surface area contributed by atoms with Crippen LogP contribution >= 0.6 is 11.8 Å². The van der Waals surface area contributed by atoms with Gasteiger partial charge in [-0.25, -0.2) is 4.39 Å². The van der Waals surface area contributed by atoms with Gasteiger partial charge in [-0.15, -0.1) is 10.2 Å². The minimum atomic E-state index is -0.255. The van der Waals surface area contributed by atoms with Crippen LogP contribution in [-0.2, 0) is 4.79 Å². The highest BCUT2D eigenvalue weighted by atomic mass is 32.2. The lowest BCUT2D eigenvalue weighted by Crippen LogP contribution is -2.06. The molecule has 128 valence electrons. The van der Waals surface area contributed by atoms with Crippen LogP contribution < -0.4 is 5.32 Å². The van der Waals surface area contributed by atoms with Crippen LogP contribution in [0.5, 0.6) is 0 Å². The average molecular weight is 356 g/mol. The fourth-order valence-corrected chi connectivity index (χ4v) is 3.36. The molecular formula is C18H17FN4OS. The van der Waals surface area contributed by atoms with E-state index in [0.29, 0.717) is 10.8 Å². The molecule has 5 nitrogen and oxygen atoms in total. The summed E-state index contributed by atoms with van der Waals surface area (Å²) in [6.45, 7) is 3.46. The molecule has 7 heteroatoms. The number of rotatable bonds is 5. The van der Waals surface area contributed by atoms with Crippen LogP contribution in [0, 0.1) is 5.82 Å². The molecule has 0 radical (unpaired) electrons. The van der Waals surface area contributed by atoms with Crippen molar-refractivity contribution in [3.8, 4) is 5.69 Å². The Balaban J connectivity index is 1.84. The normalized spacial score (nSPS) is 12.0. The third kappa shape index (κ3) is 4.24. The first-order chi connectivity index (χ1) is 12.0. The number of hydrogen-bond acceptors (Lipinski definition) is 4. The molecule has 0 aliphatic carbocycles. The summed E-state index contributed by atoms with van der Waals surface area (Å²) < 4.78 is 15.3. The van der Waals surface area contributed by atoms with Crippen molar-refractivity contribution in [1.82, 2.24) is 14.8 Å². The number of thioether (sulfide) groups is 1. The second-order valence-corrected chi connectivity index (χ2v) is 6.84. The maximum absolute atomic E-state index is 13.4. The standard InChI is InChI=1S/C18H17FN4OS/c1-12(14-5-3-6-15(19)9-14)25-18-22-20-11-23(18)17-8-4-7-16(10-17)21-13(2)24/h3-12H,1-2H3,(H,21,24)/t12-/m0/s1. The van der Waals surface area contributed by atoms with Gasteiger partial charge in [-0.05, 0) is 42.8 Å². The van der Waals surface area contributed by atoms with Gasteiger partial charge in [-0.1, -0.05) is 30.0 Å². The number of amides is 1. The smallest absolute Gasteiger partial charge is 0.221 e. The lowest BCUT2D eigenvalue weighted by Gasteiger charge is -2.13. The predicted octanol–water partition coefficient (Wildman–Crippen LogP) is 4.22. The summed E-state index contributed by atoms with van der Waals surface area (Å²) in [5.41, 5.74) is 2.42. The van der Waals surface area contributed by atoms with Gasteiger partial charge in [0, 0.05) is 17.9 Å². The second kappa shape index (κ2) is 7.48. The van der Waals surface area contributed by atoms with E-state index in [-0.39, 0.29) is 17.0 Å². The second-order valence-electron chi connectivity index (χ2n) is 5.53. The van der Waals surface area contributed by atoms with E-state index in [2.05, 4.69) is 15.5 Å². The lowest BCUT2D eigenvalue weighted by atomic mass is 10.2. The number of benzene rings is 2. The highest BCUT2D eigenvalue weighted by molar-refractivity contribution is 7.99. The van der Waals surface area contributed by atoms with Gasteiger partial charge in [0.1, 0.15) is 12.1 Å². The van der Waals surface area contributed by atoms with Gasteiger partial charge < -0.3 is 5.32 Å². The molecule has 25 heavy (non-hydrogen) atoms. The number of carbonyl (C=O) groups excluding carboxylic acids is 1. The Hall–Kier alpha value is -2.67. The van der Waals surface area contributed by atoms with Crippen molar-refractivity contribution >= 4 is 23.4 Å². The zero-order chi connectivity index (χ0) is 17.8. The van der Waals surface area contributed by atoms with Gasteiger partial charge in [-0.3, -0.25) is 9.36 Å². The molecule has 0 saturated heterocycles. The first-order valence-electron chi connectivity index (χ1n) is 7.73. The quantitative estimate of drug-likeness (QED) is 0.696. The minimum absolute atomic E-state index is 0.0113. The van der Waals surface area contributed by atoms with Gasteiger partial charge in [0.25, 0.3) is 0 Å². The van der Waals surface area contributed by atoms with Crippen molar-refractivity contribution in [2.24, 2.45) is 0 Å². The first-order valence-corrected chi connectivity index (χ1v) is 8.61. The van der Waals surface area contributed by atoms with Gasteiger partial charge in [0.05, 0.1) is 5.69 Å². The molecule has 1 atom stereocenters. The number of nitrogens with zero attached hydrogens (tertiary/aromatic N) is 3. The van der Waals surface area contributed by atoms with E-state index in [1.807, 2.05) is 41.8 Å². The third-order valence-corrected chi connectivity index (χ3v) is 4.68. The Kier molecular flexibility index (Phi) is 5.14. The molecule has 0 aliphatic heterocycles. The topological polar surface area (TPSA) is 59.8 Å². The lowest BCUT2D eigenvalue weighted by molar-refractivity contribution is -0.114. The van der Waals surface area contributed by atoms with Crippen molar-refractivity contribution in [2.75, 3.05) is 5.32 Å². The SMILES string of the molecule is CC(=O)Nc1cccc(-n2cnnc2S[C@@H](C)c2cccc(F)c2)c1. The van der Waals surface area contributed by atoms with E-state index in [9.17, 15) is 9.18 Å². The maximum atomic E-state index is 13.4. The summed E-state index contributed by atoms with van der Waals surface area (Å²) in [6.07, 6.45) is 1.62. The largest absolute Gasteiger partial charge is 0.326 e. The van der Waals surface area contributed by atoms with Crippen LogP contribution in [-0.4, -0.2) is 20.7 Å². The van der Waals surface area contributed by atoms with E-state index in [4.69, 9.17) is 0 Å². The highest BCUT2D eigenvalue weighted by Gasteiger charge is 2.14. The molecule has 0 unspecified atom stereocenters. The molecule has 0 bridgehead atoms. The van der Waals surface area contributed by atoms with Gasteiger partial charge in [0.2, 0.25) is 5.91 Å². The molecule has 0 aliphatic rings. The molecule has 1 N–H and O–H groups in total. The number of hydrogen-bond donors (Lipinski definition) is 1. The highest BCUT2D eigenvalue weighted by Crippen LogP contribution is 2.34. The predicted molar refractivity (Wildman–Crippen MR) is 96.3 cm³/mol. The van der Waals surface area contributed by atoms with E-state index in [1.165, 1.54) is 30.8 Å². The third-order valence-electron chi connectivity index (χ3n) is 3.56. The Morgan fingerprint density at radius 3 is 2.80 bits per heavy atom. The molecule has 3 aromatic rings. The van der Waals surface area contributed by atoms with Gasteiger partial charge in [-0.2, -0.15) is 0 Å². The van der Waals surface area contributed by atoms with Crippen molar-refractivity contribution in [3.63, 3.8) is 0 Å². The zero-order valence-electron chi connectivity index (χ0n) is 13.8. The number of anilines is 1. The Morgan fingerprint density at radius 2 is 2.04 bits per heavy atom. The summed E-state index contributed by atoms with van der Waals surface area (Å²) >= 11 is 1.49. The number of halogens is 1. The monoisotopic (exact) mass is 356 g/mol. The summed E-state index contributed by atoms with van der Waals surface area (Å²) in [7, 11) is 0. The summed E-state index contributed by atoms with van der Waals surface area (Å²) in [5.74, 6) is -0.385. The van der Waals surface area contributed by atoms with Crippen LogP contribution in [0.25, 0.3) is 5.69 Å². The zero-order valence-corrected chi connectivity index (χ0v) is 14.6. The maximum Gasteiger partial charge on any atom is 0.221 e. The van der Waals surface area contributed by atoms with Crippen LogP contribution in [0.1, 0.15) is 24.7 Å². The molecule has 3 rings (SSSR count). The van der Waals surface area contributed by atoms with Gasteiger partial charge >= 0.3 is 0 Å². The molecule has 0 saturated carbocycles. The molecule has 1 aromatic heterocycles. The number of aromatic nitrogens is 3. The fraction of sp³-hybridized carbons (Fsp3) is 0.167. The molecule has 1 heterocycles. The molecule has 2 aromatic carbocycles. The van der Waals surface area contributed by atoms with Crippen molar-refractivity contribution < 1.29 is 9.18 Å². The summed E-state index contributed by atoms with van der Waals surface area (Å²) in [5, 5.41) is 11.6. The van der Waals surface area contributed by atoms with Crippen LogP contribution in [0.15, 0.2) is 60.0 Å². The molecule has 1 amide bonds. The van der Waals surface area contributed by atoms with Crippen LogP contribution in [0.4, 0.5) is 10.1 Å². The Labute approximate surface area is 149 Å². The van der Waals surface area contributed by atoms with E-state index >= 15 is 0 Å². The Bertz CT molecular complexity index is 896. The number of carbonyl (C=O) groups is 1. The average Bonchev–Trinajstić information content (AvgIpc) is 3.02. The van der Waals surface area contributed by atoms with Crippen LogP contribution in [0.2, 0.25) is 0 Å². The molecular weight excluding hydrogens is 339 g/mol. The first kappa shape index (κ1) is 17.2. The van der Waals surface area contributed by atoms with Crippen LogP contribution in [0.3, 0.4) is 0 Å². The van der Waals surface area contributed by atoms with Crippen molar-refractivity contribution in [3.05, 3.63) is 66.2 Å². The molecule has 0 fully saturated rings. The fourth-order valence-electron chi connectivity index (χ4n) is 2.40. The Morgan fingerprint density at radius 1 is 1.24 bits per heavy atom. The van der Waals surface area contributed by atoms with E-state index in [0.717, 1.165) is 11.3 Å². The number of nitrogens with one attached hydrogen (secondary N) is 1. The van der Waals surface area contributed by atoms with Crippen molar-refractivity contribution in [2.45, 2.75) is 24.3 Å². The minimum Gasteiger partial charge on any atom is -0.326 e. The van der Waals surface area contributed by atoms with E-state index in [1.54, 1.807) is 12.4 Å². The molecule has 0 spiro atoms. The van der Waals surface area contributed by atoms with E-state index < -0.39 is 0 Å². The van der Waals surface area contributed by atoms with Gasteiger partial charge in [0.15, 0.2) is 5.16 Å².